The number of anilines is 1. The number of thiophene rings is 1. The molecule has 1 fully saturated rings. The zero-order valence-electron chi connectivity index (χ0n) is 14.9. The minimum atomic E-state index is 0.283. The molecule has 1 aliphatic heterocycles. The molecule has 0 bridgehead atoms. The molecule has 0 radical (unpaired) electrons. The smallest absolute Gasteiger partial charge is 0.169 e. The largest absolute Gasteiger partial charge is 0.508 e. The summed E-state index contributed by atoms with van der Waals surface area (Å²) in [4.78, 5) is 2.41. The first-order valence-electron chi connectivity index (χ1n) is 9.16. The molecule has 0 atom stereocenters. The molecule has 1 aromatic heterocycles. The third kappa shape index (κ3) is 3.31. The molecular formula is C21H23NO3S. The Morgan fingerprint density at radius 2 is 1.81 bits per heavy atom. The van der Waals surface area contributed by atoms with Crippen LogP contribution in [-0.2, 0) is 0 Å². The van der Waals surface area contributed by atoms with Gasteiger partial charge in [0.2, 0.25) is 0 Å². The number of benzene rings is 2. The summed E-state index contributed by atoms with van der Waals surface area (Å²) < 4.78 is 13.2. The van der Waals surface area contributed by atoms with E-state index in [-0.39, 0.29) is 5.75 Å². The Hall–Kier alpha value is -2.40. The lowest BCUT2D eigenvalue weighted by Gasteiger charge is -2.28. The van der Waals surface area contributed by atoms with Gasteiger partial charge in [-0.1, -0.05) is 12.1 Å². The van der Waals surface area contributed by atoms with E-state index in [9.17, 15) is 5.11 Å². The first-order valence-corrected chi connectivity index (χ1v) is 9.98. The van der Waals surface area contributed by atoms with E-state index in [2.05, 4.69) is 4.90 Å². The molecule has 2 heterocycles. The fourth-order valence-corrected chi connectivity index (χ4v) is 4.59. The van der Waals surface area contributed by atoms with Gasteiger partial charge in [-0.15, -0.1) is 11.3 Å². The third-order valence-corrected chi connectivity index (χ3v) is 5.81. The van der Waals surface area contributed by atoms with Gasteiger partial charge in [-0.05, 0) is 56.5 Å². The Morgan fingerprint density at radius 3 is 2.58 bits per heavy atom. The Labute approximate surface area is 157 Å². The maximum absolute atomic E-state index is 9.88. The van der Waals surface area contributed by atoms with E-state index in [1.807, 2.05) is 43.3 Å². The lowest BCUT2D eigenvalue weighted by atomic mass is 10.1. The fourth-order valence-electron chi connectivity index (χ4n) is 3.37. The number of ether oxygens (including phenoxy) is 2. The molecule has 0 unspecified atom stereocenters. The predicted molar refractivity (Wildman–Crippen MR) is 107 cm³/mol. The number of fused-ring (bicyclic) bond motifs is 1. The second-order valence-electron chi connectivity index (χ2n) is 6.45. The number of phenolic OH excluding ortho intramolecular Hbond substituents is 1. The maximum Gasteiger partial charge on any atom is 0.169 e. The summed E-state index contributed by atoms with van der Waals surface area (Å²) in [6, 6.07) is 13.2. The van der Waals surface area contributed by atoms with Crippen molar-refractivity contribution < 1.29 is 14.6 Å². The maximum atomic E-state index is 9.88. The topological polar surface area (TPSA) is 41.9 Å². The van der Waals surface area contributed by atoms with Gasteiger partial charge in [-0.2, -0.15) is 0 Å². The normalized spacial score (nSPS) is 14.6. The van der Waals surface area contributed by atoms with Crippen LogP contribution in [-0.4, -0.2) is 24.8 Å². The van der Waals surface area contributed by atoms with Crippen molar-refractivity contribution in [3.63, 3.8) is 0 Å². The van der Waals surface area contributed by atoms with Gasteiger partial charge in [0.05, 0.1) is 6.61 Å². The van der Waals surface area contributed by atoms with E-state index in [4.69, 9.17) is 9.47 Å². The summed E-state index contributed by atoms with van der Waals surface area (Å²) >= 11 is 1.68. The van der Waals surface area contributed by atoms with Crippen LogP contribution in [0.4, 0.5) is 5.00 Å². The van der Waals surface area contributed by atoms with Crippen molar-refractivity contribution in [3.05, 3.63) is 42.5 Å². The number of para-hydroxylation sites is 2. The van der Waals surface area contributed by atoms with Crippen molar-refractivity contribution in [2.45, 2.75) is 26.2 Å². The van der Waals surface area contributed by atoms with Gasteiger partial charge in [-0.3, -0.25) is 0 Å². The molecule has 136 valence electrons. The number of rotatable bonds is 5. The molecule has 1 N–H and O–H groups in total. The molecule has 0 saturated carbocycles. The summed E-state index contributed by atoms with van der Waals surface area (Å²) in [5, 5.41) is 12.0. The van der Waals surface area contributed by atoms with Crippen LogP contribution in [0.5, 0.6) is 23.0 Å². The second-order valence-corrected chi connectivity index (χ2v) is 7.48. The standard InChI is InChI=1S/C21H23NO3S/c1-2-24-17-8-4-5-9-18(17)25-20-16-11-10-15(23)14-19(16)26-21(20)22-12-6-3-7-13-22/h4-5,8-11,14,23H,2-3,6-7,12-13H2,1H3. The average molecular weight is 369 g/mol. The third-order valence-electron chi connectivity index (χ3n) is 4.61. The molecule has 4 rings (SSSR count). The number of aromatic hydroxyl groups is 1. The van der Waals surface area contributed by atoms with E-state index in [1.54, 1.807) is 17.4 Å². The molecule has 0 amide bonds. The zero-order chi connectivity index (χ0) is 17.9. The van der Waals surface area contributed by atoms with Crippen LogP contribution < -0.4 is 14.4 Å². The van der Waals surface area contributed by atoms with E-state index in [0.29, 0.717) is 6.61 Å². The molecule has 2 aromatic carbocycles. The van der Waals surface area contributed by atoms with Crippen LogP contribution in [0.2, 0.25) is 0 Å². The van der Waals surface area contributed by atoms with Crippen molar-refractivity contribution in [1.29, 1.82) is 0 Å². The van der Waals surface area contributed by atoms with Gasteiger partial charge in [0.15, 0.2) is 17.2 Å². The molecular weight excluding hydrogens is 346 g/mol. The Kier molecular flexibility index (Phi) is 4.89. The minimum Gasteiger partial charge on any atom is -0.508 e. The van der Waals surface area contributed by atoms with Crippen LogP contribution >= 0.6 is 11.3 Å². The minimum absolute atomic E-state index is 0.283. The average Bonchev–Trinajstić information content (AvgIpc) is 3.02. The highest BCUT2D eigenvalue weighted by molar-refractivity contribution is 7.23. The molecule has 3 aromatic rings. The summed E-state index contributed by atoms with van der Waals surface area (Å²) in [5.41, 5.74) is 0. The zero-order valence-corrected chi connectivity index (χ0v) is 15.7. The van der Waals surface area contributed by atoms with Gasteiger partial charge >= 0.3 is 0 Å². The van der Waals surface area contributed by atoms with Gasteiger partial charge < -0.3 is 19.5 Å². The summed E-state index contributed by atoms with van der Waals surface area (Å²) in [6.07, 6.45) is 3.69. The lowest BCUT2D eigenvalue weighted by molar-refractivity contribution is 0.322. The highest BCUT2D eigenvalue weighted by Crippen LogP contribution is 2.48. The van der Waals surface area contributed by atoms with Crippen molar-refractivity contribution in [2.75, 3.05) is 24.6 Å². The van der Waals surface area contributed by atoms with Gasteiger partial charge in [0.25, 0.3) is 0 Å². The monoisotopic (exact) mass is 369 g/mol. The highest BCUT2D eigenvalue weighted by Gasteiger charge is 2.22. The van der Waals surface area contributed by atoms with Crippen molar-refractivity contribution >= 4 is 26.4 Å². The first kappa shape index (κ1) is 17.0. The van der Waals surface area contributed by atoms with Crippen LogP contribution in [0.3, 0.4) is 0 Å². The summed E-state index contributed by atoms with van der Waals surface area (Å²) in [6.45, 7) is 4.65. The van der Waals surface area contributed by atoms with Gasteiger partial charge in [0, 0.05) is 23.2 Å². The van der Waals surface area contributed by atoms with Crippen LogP contribution in [0.1, 0.15) is 26.2 Å². The lowest BCUT2D eigenvalue weighted by Crippen LogP contribution is -2.28. The number of hydrogen-bond donors (Lipinski definition) is 1. The number of hydrogen-bond acceptors (Lipinski definition) is 5. The SMILES string of the molecule is CCOc1ccccc1Oc1c(N2CCCCC2)sc2cc(O)ccc12. The number of phenols is 1. The molecule has 0 spiro atoms. The molecule has 26 heavy (non-hydrogen) atoms. The van der Waals surface area contributed by atoms with E-state index in [0.717, 1.165) is 45.4 Å². The molecule has 1 saturated heterocycles. The Morgan fingerprint density at radius 1 is 1.04 bits per heavy atom. The van der Waals surface area contributed by atoms with Crippen molar-refractivity contribution in [1.82, 2.24) is 0 Å². The van der Waals surface area contributed by atoms with Gasteiger partial charge in [0.1, 0.15) is 10.8 Å². The van der Waals surface area contributed by atoms with E-state index < -0.39 is 0 Å². The van der Waals surface area contributed by atoms with E-state index in [1.165, 1.54) is 19.3 Å². The Balaban J connectivity index is 1.79. The molecule has 1 aliphatic rings. The first-order chi connectivity index (χ1) is 12.8. The molecule has 0 aliphatic carbocycles. The second kappa shape index (κ2) is 7.46. The summed E-state index contributed by atoms with van der Waals surface area (Å²) in [7, 11) is 0. The van der Waals surface area contributed by atoms with Crippen LogP contribution in [0.15, 0.2) is 42.5 Å². The summed E-state index contributed by atoms with van der Waals surface area (Å²) in [5.74, 6) is 2.61. The van der Waals surface area contributed by atoms with Crippen molar-refractivity contribution in [2.24, 2.45) is 0 Å². The fraction of sp³-hybridized carbons (Fsp3) is 0.333. The molecule has 4 nitrogen and oxygen atoms in total. The Bertz CT molecular complexity index is 899. The predicted octanol–water partition coefficient (Wildman–Crippen LogP) is 5.79. The molecule has 5 heteroatoms. The number of piperidine rings is 1. The van der Waals surface area contributed by atoms with Crippen LogP contribution in [0.25, 0.3) is 10.1 Å². The number of nitrogens with zero attached hydrogens (tertiary/aromatic N) is 1. The van der Waals surface area contributed by atoms with E-state index >= 15 is 0 Å². The van der Waals surface area contributed by atoms with Crippen LogP contribution in [0, 0.1) is 0 Å². The quantitative estimate of drug-likeness (QED) is 0.618. The highest BCUT2D eigenvalue weighted by atomic mass is 32.1. The van der Waals surface area contributed by atoms with Crippen molar-refractivity contribution in [3.8, 4) is 23.0 Å². The van der Waals surface area contributed by atoms with Gasteiger partial charge in [-0.25, -0.2) is 0 Å².